The summed E-state index contributed by atoms with van der Waals surface area (Å²) in [4.78, 5) is 3.38. The van der Waals surface area contributed by atoms with Crippen LogP contribution in [0.4, 0.5) is 4.39 Å². The molecule has 0 amide bonds. The Morgan fingerprint density at radius 3 is 2.79 bits per heavy atom. The molecule has 5 heteroatoms. The number of aromatic nitrogens is 1. The Morgan fingerprint density at radius 2 is 2.29 bits per heavy atom. The van der Waals surface area contributed by atoms with Gasteiger partial charge in [0, 0.05) is 12.8 Å². The van der Waals surface area contributed by atoms with Gasteiger partial charge in [-0.25, -0.2) is 4.98 Å². The molecule has 1 heterocycles. The van der Waals surface area contributed by atoms with Crippen LogP contribution in [0.15, 0.2) is 12.1 Å². The SMILES string of the molecule is N#CC1(Oc2ccc(Cl)nc2F)CC1. The van der Waals surface area contributed by atoms with Crippen LogP contribution in [0.5, 0.6) is 5.75 Å². The summed E-state index contributed by atoms with van der Waals surface area (Å²) in [7, 11) is 0. The zero-order valence-electron chi connectivity index (χ0n) is 7.13. The third-order valence-corrected chi connectivity index (χ3v) is 2.20. The van der Waals surface area contributed by atoms with Crippen molar-refractivity contribution in [3.8, 4) is 11.8 Å². The van der Waals surface area contributed by atoms with Crippen LogP contribution in [0.3, 0.4) is 0 Å². The first-order chi connectivity index (χ1) is 6.65. The molecule has 72 valence electrons. The van der Waals surface area contributed by atoms with E-state index in [1.165, 1.54) is 12.1 Å². The van der Waals surface area contributed by atoms with Gasteiger partial charge in [-0.15, -0.1) is 0 Å². The molecule has 0 aromatic carbocycles. The van der Waals surface area contributed by atoms with Gasteiger partial charge < -0.3 is 4.74 Å². The van der Waals surface area contributed by atoms with Gasteiger partial charge >= 0.3 is 0 Å². The standard InChI is InChI=1S/C9H6ClFN2O/c10-7-2-1-6(8(11)13-7)14-9(5-12)3-4-9/h1-2H,3-4H2. The minimum atomic E-state index is -0.837. The van der Waals surface area contributed by atoms with E-state index in [1.807, 2.05) is 6.07 Å². The van der Waals surface area contributed by atoms with Crippen LogP contribution in [0.25, 0.3) is 0 Å². The lowest BCUT2D eigenvalue weighted by atomic mass is 10.3. The van der Waals surface area contributed by atoms with Crippen molar-refractivity contribution in [1.82, 2.24) is 4.98 Å². The molecular weight excluding hydrogens is 207 g/mol. The first-order valence-electron chi connectivity index (χ1n) is 4.07. The van der Waals surface area contributed by atoms with Crippen molar-refractivity contribution in [2.45, 2.75) is 18.4 Å². The molecule has 0 aliphatic heterocycles. The fourth-order valence-corrected chi connectivity index (χ4v) is 1.17. The molecule has 1 fully saturated rings. The van der Waals surface area contributed by atoms with Crippen molar-refractivity contribution in [3.63, 3.8) is 0 Å². The molecule has 0 radical (unpaired) electrons. The number of halogens is 2. The zero-order chi connectivity index (χ0) is 10.2. The Labute approximate surface area is 85.1 Å². The van der Waals surface area contributed by atoms with Gasteiger partial charge in [-0.05, 0) is 12.1 Å². The highest BCUT2D eigenvalue weighted by Crippen LogP contribution is 2.40. The number of ether oxygens (including phenoxy) is 1. The third-order valence-electron chi connectivity index (χ3n) is 1.99. The van der Waals surface area contributed by atoms with E-state index in [9.17, 15) is 4.39 Å². The molecule has 1 saturated carbocycles. The van der Waals surface area contributed by atoms with Gasteiger partial charge in [0.15, 0.2) is 11.4 Å². The molecule has 1 aromatic heterocycles. The van der Waals surface area contributed by atoms with Gasteiger partial charge in [0.25, 0.3) is 5.95 Å². The summed E-state index contributed by atoms with van der Waals surface area (Å²) in [6.45, 7) is 0. The third kappa shape index (κ3) is 1.64. The fraction of sp³-hybridized carbons (Fsp3) is 0.333. The molecule has 2 rings (SSSR count). The zero-order valence-corrected chi connectivity index (χ0v) is 7.88. The van der Waals surface area contributed by atoms with Crippen molar-refractivity contribution < 1.29 is 9.13 Å². The topological polar surface area (TPSA) is 45.9 Å². The normalized spacial score (nSPS) is 17.2. The maximum Gasteiger partial charge on any atom is 0.256 e. The molecule has 1 aliphatic rings. The molecule has 14 heavy (non-hydrogen) atoms. The molecule has 0 N–H and O–H groups in total. The Bertz CT molecular complexity index is 412. The summed E-state index contributed by atoms with van der Waals surface area (Å²) >= 11 is 5.47. The van der Waals surface area contributed by atoms with E-state index in [1.54, 1.807) is 0 Å². The van der Waals surface area contributed by atoms with Gasteiger partial charge in [-0.2, -0.15) is 9.65 Å². The second kappa shape index (κ2) is 3.10. The van der Waals surface area contributed by atoms with Crippen LogP contribution in [-0.2, 0) is 0 Å². The highest BCUT2D eigenvalue weighted by molar-refractivity contribution is 6.29. The van der Waals surface area contributed by atoms with Gasteiger partial charge in [-0.1, -0.05) is 11.6 Å². The molecule has 0 unspecified atom stereocenters. The molecule has 0 saturated heterocycles. The summed E-state index contributed by atoms with van der Waals surface area (Å²) in [5.74, 6) is -0.799. The van der Waals surface area contributed by atoms with Crippen LogP contribution in [0.2, 0.25) is 5.15 Å². The smallest absolute Gasteiger partial charge is 0.256 e. The minimum absolute atomic E-state index is 0.0200. The predicted octanol–water partition coefficient (Wildman–Crippen LogP) is 2.31. The van der Waals surface area contributed by atoms with Crippen LogP contribution >= 0.6 is 11.6 Å². The first-order valence-corrected chi connectivity index (χ1v) is 4.45. The predicted molar refractivity (Wildman–Crippen MR) is 47.4 cm³/mol. The molecule has 0 bridgehead atoms. The Balaban J connectivity index is 2.22. The van der Waals surface area contributed by atoms with Crippen LogP contribution < -0.4 is 4.74 Å². The number of pyridine rings is 1. The highest BCUT2D eigenvalue weighted by atomic mass is 35.5. The van der Waals surface area contributed by atoms with E-state index < -0.39 is 11.5 Å². The number of hydrogen-bond donors (Lipinski definition) is 0. The van der Waals surface area contributed by atoms with Crippen molar-refractivity contribution in [3.05, 3.63) is 23.2 Å². The van der Waals surface area contributed by atoms with E-state index in [0.29, 0.717) is 12.8 Å². The largest absolute Gasteiger partial charge is 0.468 e. The van der Waals surface area contributed by atoms with E-state index in [2.05, 4.69) is 4.98 Å². The maximum atomic E-state index is 13.1. The van der Waals surface area contributed by atoms with Crippen molar-refractivity contribution in [2.24, 2.45) is 0 Å². The molecule has 1 aliphatic carbocycles. The van der Waals surface area contributed by atoms with Crippen LogP contribution in [0.1, 0.15) is 12.8 Å². The first kappa shape index (κ1) is 9.22. The number of rotatable bonds is 2. The number of nitriles is 1. The van der Waals surface area contributed by atoms with E-state index in [-0.39, 0.29) is 10.9 Å². The summed E-state index contributed by atoms with van der Waals surface area (Å²) in [6.07, 6.45) is 1.26. The molecule has 0 atom stereocenters. The lowest BCUT2D eigenvalue weighted by molar-refractivity contribution is 0.223. The second-order valence-electron chi connectivity index (χ2n) is 3.13. The summed E-state index contributed by atoms with van der Waals surface area (Å²) in [5.41, 5.74) is -0.837. The molecular formula is C9H6ClFN2O. The quantitative estimate of drug-likeness (QED) is 0.707. The molecule has 0 spiro atoms. The summed E-state index contributed by atoms with van der Waals surface area (Å²) < 4.78 is 18.3. The van der Waals surface area contributed by atoms with Gasteiger partial charge in [-0.3, -0.25) is 0 Å². The van der Waals surface area contributed by atoms with E-state index >= 15 is 0 Å². The van der Waals surface area contributed by atoms with Crippen LogP contribution in [0, 0.1) is 17.3 Å². The monoisotopic (exact) mass is 212 g/mol. The lowest BCUT2D eigenvalue weighted by Crippen LogP contribution is -2.15. The van der Waals surface area contributed by atoms with E-state index in [4.69, 9.17) is 21.6 Å². The van der Waals surface area contributed by atoms with Gasteiger partial charge in [0.2, 0.25) is 0 Å². The van der Waals surface area contributed by atoms with Crippen molar-refractivity contribution in [2.75, 3.05) is 0 Å². The average Bonchev–Trinajstić information content (AvgIpc) is 2.91. The minimum Gasteiger partial charge on any atom is -0.468 e. The van der Waals surface area contributed by atoms with Crippen LogP contribution in [-0.4, -0.2) is 10.6 Å². The van der Waals surface area contributed by atoms with E-state index in [0.717, 1.165) is 0 Å². The Morgan fingerprint density at radius 1 is 1.57 bits per heavy atom. The highest BCUT2D eigenvalue weighted by Gasteiger charge is 2.46. The Hall–Kier alpha value is -1.34. The number of nitrogens with zero attached hydrogens (tertiary/aromatic N) is 2. The molecule has 3 nitrogen and oxygen atoms in total. The lowest BCUT2D eigenvalue weighted by Gasteiger charge is -2.09. The summed E-state index contributed by atoms with van der Waals surface area (Å²) in [5, 5.41) is 8.79. The van der Waals surface area contributed by atoms with Crippen molar-refractivity contribution in [1.29, 1.82) is 5.26 Å². The average molecular weight is 213 g/mol. The fourth-order valence-electron chi connectivity index (χ4n) is 1.04. The Kier molecular flexibility index (Phi) is 2.05. The number of hydrogen-bond acceptors (Lipinski definition) is 3. The van der Waals surface area contributed by atoms with Gasteiger partial charge in [0.1, 0.15) is 11.2 Å². The molecule has 1 aromatic rings. The second-order valence-corrected chi connectivity index (χ2v) is 3.52. The van der Waals surface area contributed by atoms with Crippen molar-refractivity contribution >= 4 is 11.6 Å². The van der Waals surface area contributed by atoms with Gasteiger partial charge in [0.05, 0.1) is 0 Å². The summed E-state index contributed by atoms with van der Waals surface area (Å²) in [6, 6.07) is 4.79. The maximum absolute atomic E-state index is 13.1.